The second-order valence-electron chi connectivity index (χ2n) is 1.64. The van der Waals surface area contributed by atoms with Crippen LogP contribution in [0.25, 0.3) is 0 Å². The number of hydrogen-bond acceptors (Lipinski definition) is 3. The van der Waals surface area contributed by atoms with E-state index in [4.69, 9.17) is 5.73 Å². The highest BCUT2D eigenvalue weighted by atomic mass is 16.6. The topological polar surface area (TPSA) is 78.3 Å². The van der Waals surface area contributed by atoms with Crippen molar-refractivity contribution in [2.45, 2.75) is 6.92 Å². The van der Waals surface area contributed by atoms with Gasteiger partial charge in [0.25, 0.3) is 0 Å². The van der Waals surface area contributed by atoms with Crippen molar-refractivity contribution in [3.05, 3.63) is 0 Å². The Morgan fingerprint density at radius 1 is 1.88 bits per heavy atom. The molecule has 0 aliphatic carbocycles. The molecule has 4 N–H and O–H groups in total. The van der Waals surface area contributed by atoms with Gasteiger partial charge in [-0.1, -0.05) is 6.92 Å². The number of hydrogen-bond donors (Lipinski definition) is 2. The van der Waals surface area contributed by atoms with Crippen LogP contribution < -0.4 is 11.6 Å². The van der Waals surface area contributed by atoms with E-state index in [-0.39, 0.29) is 12.5 Å². The Morgan fingerprint density at radius 2 is 2.38 bits per heavy atom. The van der Waals surface area contributed by atoms with Gasteiger partial charge >= 0.3 is 0 Å². The van der Waals surface area contributed by atoms with Crippen LogP contribution in [-0.2, 0) is 9.63 Å². The standard InChI is InChI=1S/C4H10N2O2/c1-3(2-8-6)4(5)7/h3H,2,6H2,1H3,(H2,5,7). The Kier molecular flexibility index (Phi) is 3.14. The van der Waals surface area contributed by atoms with E-state index in [1.165, 1.54) is 0 Å². The molecule has 0 aromatic heterocycles. The predicted octanol–water partition coefficient (Wildman–Crippen LogP) is -1.00. The minimum absolute atomic E-state index is 0.190. The van der Waals surface area contributed by atoms with Gasteiger partial charge in [0.2, 0.25) is 5.91 Å². The van der Waals surface area contributed by atoms with Gasteiger partial charge in [-0.3, -0.25) is 4.79 Å². The third-order valence-corrected chi connectivity index (χ3v) is 0.832. The van der Waals surface area contributed by atoms with Crippen LogP contribution in [0.3, 0.4) is 0 Å². The second kappa shape index (κ2) is 3.40. The molecule has 0 radical (unpaired) electrons. The van der Waals surface area contributed by atoms with Gasteiger partial charge in [0.15, 0.2) is 0 Å². The average molecular weight is 118 g/mol. The van der Waals surface area contributed by atoms with E-state index in [0.29, 0.717) is 0 Å². The zero-order chi connectivity index (χ0) is 6.57. The van der Waals surface area contributed by atoms with Gasteiger partial charge < -0.3 is 10.6 Å². The van der Waals surface area contributed by atoms with E-state index in [9.17, 15) is 4.79 Å². The summed E-state index contributed by atoms with van der Waals surface area (Å²) in [4.78, 5) is 14.3. The first-order valence-electron chi connectivity index (χ1n) is 2.29. The largest absolute Gasteiger partial charge is 0.369 e. The van der Waals surface area contributed by atoms with E-state index in [2.05, 4.69) is 10.7 Å². The Labute approximate surface area is 47.7 Å². The van der Waals surface area contributed by atoms with Crippen LogP contribution in [0.15, 0.2) is 0 Å². The highest BCUT2D eigenvalue weighted by Crippen LogP contribution is 1.89. The quantitative estimate of drug-likeness (QED) is 0.466. The minimum Gasteiger partial charge on any atom is -0.369 e. The van der Waals surface area contributed by atoms with Crippen LogP contribution in [-0.4, -0.2) is 12.5 Å². The van der Waals surface area contributed by atoms with E-state index >= 15 is 0 Å². The molecule has 4 heteroatoms. The molecule has 0 aromatic carbocycles. The summed E-state index contributed by atoms with van der Waals surface area (Å²) in [7, 11) is 0. The second-order valence-corrected chi connectivity index (χ2v) is 1.64. The molecular weight excluding hydrogens is 108 g/mol. The number of carbonyl (C=O) groups excluding carboxylic acids is 1. The molecule has 1 atom stereocenters. The summed E-state index contributed by atoms with van der Waals surface area (Å²) in [5, 5.41) is 0. The van der Waals surface area contributed by atoms with Gasteiger partial charge in [-0.2, -0.15) is 0 Å². The van der Waals surface area contributed by atoms with Crippen LogP contribution >= 0.6 is 0 Å². The third kappa shape index (κ3) is 2.54. The van der Waals surface area contributed by atoms with Crippen molar-refractivity contribution in [1.29, 1.82) is 0 Å². The fraction of sp³-hybridized carbons (Fsp3) is 0.750. The first-order chi connectivity index (χ1) is 3.68. The summed E-state index contributed by atoms with van der Waals surface area (Å²) in [6, 6.07) is 0. The molecule has 0 saturated heterocycles. The normalized spacial score (nSPS) is 13.2. The molecule has 0 aliphatic heterocycles. The van der Waals surface area contributed by atoms with Crippen LogP contribution in [0.5, 0.6) is 0 Å². The van der Waals surface area contributed by atoms with Crippen LogP contribution in [0.1, 0.15) is 6.92 Å². The summed E-state index contributed by atoms with van der Waals surface area (Å²) in [5.41, 5.74) is 4.85. The van der Waals surface area contributed by atoms with Crippen molar-refractivity contribution < 1.29 is 9.63 Å². The predicted molar refractivity (Wildman–Crippen MR) is 28.5 cm³/mol. The monoisotopic (exact) mass is 118 g/mol. The number of primary amides is 1. The highest BCUT2D eigenvalue weighted by Gasteiger charge is 2.06. The Hall–Kier alpha value is -0.610. The van der Waals surface area contributed by atoms with Crippen molar-refractivity contribution in [1.82, 2.24) is 0 Å². The van der Waals surface area contributed by atoms with Gasteiger partial charge in [-0.25, -0.2) is 5.90 Å². The molecular formula is C4H10N2O2. The lowest BCUT2D eigenvalue weighted by molar-refractivity contribution is -0.123. The molecule has 0 aromatic rings. The summed E-state index contributed by atoms with van der Waals surface area (Å²) >= 11 is 0. The molecule has 0 fully saturated rings. The van der Waals surface area contributed by atoms with Gasteiger partial charge in [-0.05, 0) is 0 Å². The summed E-state index contributed by atoms with van der Waals surface area (Å²) in [5.74, 6) is 3.97. The molecule has 48 valence electrons. The van der Waals surface area contributed by atoms with Crippen molar-refractivity contribution in [3.8, 4) is 0 Å². The van der Waals surface area contributed by atoms with Gasteiger partial charge in [0.05, 0.1) is 12.5 Å². The fourth-order valence-corrected chi connectivity index (χ4v) is 0.226. The average Bonchev–Trinajstić information content (AvgIpc) is 1.67. The number of amides is 1. The Balaban J connectivity index is 3.32. The smallest absolute Gasteiger partial charge is 0.222 e. The van der Waals surface area contributed by atoms with Crippen molar-refractivity contribution >= 4 is 5.91 Å². The van der Waals surface area contributed by atoms with Crippen LogP contribution in [0, 0.1) is 5.92 Å². The zero-order valence-corrected chi connectivity index (χ0v) is 4.76. The SMILES string of the molecule is CC(CON)C(N)=O. The third-order valence-electron chi connectivity index (χ3n) is 0.832. The summed E-state index contributed by atoms with van der Waals surface area (Å²) in [6.07, 6.45) is 0. The molecule has 0 bridgehead atoms. The Bertz CT molecular complexity index is 84.1. The molecule has 0 rings (SSSR count). The maximum atomic E-state index is 10.2. The van der Waals surface area contributed by atoms with Crippen molar-refractivity contribution in [2.75, 3.05) is 6.61 Å². The number of rotatable bonds is 3. The summed E-state index contributed by atoms with van der Waals surface area (Å²) in [6.45, 7) is 1.84. The summed E-state index contributed by atoms with van der Waals surface area (Å²) < 4.78 is 0. The van der Waals surface area contributed by atoms with Crippen LogP contribution in [0.2, 0.25) is 0 Å². The lowest BCUT2D eigenvalue weighted by atomic mass is 10.2. The van der Waals surface area contributed by atoms with Gasteiger partial charge in [-0.15, -0.1) is 0 Å². The number of carbonyl (C=O) groups is 1. The molecule has 0 heterocycles. The maximum absolute atomic E-state index is 10.2. The molecule has 8 heavy (non-hydrogen) atoms. The minimum atomic E-state index is -0.393. The first-order valence-corrected chi connectivity index (χ1v) is 2.29. The molecule has 4 nitrogen and oxygen atoms in total. The molecule has 1 unspecified atom stereocenters. The molecule has 1 amide bonds. The lowest BCUT2D eigenvalue weighted by Gasteiger charge is -2.01. The lowest BCUT2D eigenvalue weighted by Crippen LogP contribution is -2.25. The zero-order valence-electron chi connectivity index (χ0n) is 4.76. The van der Waals surface area contributed by atoms with E-state index < -0.39 is 5.91 Å². The fourth-order valence-electron chi connectivity index (χ4n) is 0.226. The van der Waals surface area contributed by atoms with E-state index in [1.807, 2.05) is 0 Å². The van der Waals surface area contributed by atoms with E-state index in [0.717, 1.165) is 0 Å². The van der Waals surface area contributed by atoms with E-state index in [1.54, 1.807) is 6.92 Å². The molecule has 0 saturated carbocycles. The molecule has 0 aliphatic rings. The highest BCUT2D eigenvalue weighted by molar-refractivity contribution is 5.76. The Morgan fingerprint density at radius 3 is 2.50 bits per heavy atom. The van der Waals surface area contributed by atoms with Gasteiger partial charge in [0, 0.05) is 0 Å². The number of nitrogens with two attached hydrogens (primary N) is 2. The van der Waals surface area contributed by atoms with Gasteiger partial charge in [0.1, 0.15) is 0 Å². The van der Waals surface area contributed by atoms with Crippen LogP contribution in [0.4, 0.5) is 0 Å². The van der Waals surface area contributed by atoms with Crippen molar-refractivity contribution in [2.24, 2.45) is 17.5 Å². The maximum Gasteiger partial charge on any atom is 0.222 e. The molecule has 0 spiro atoms. The van der Waals surface area contributed by atoms with Crippen molar-refractivity contribution in [3.63, 3.8) is 0 Å². The first kappa shape index (κ1) is 7.39.